The summed E-state index contributed by atoms with van der Waals surface area (Å²) in [6.07, 6.45) is -3.65. The van der Waals surface area contributed by atoms with Gasteiger partial charge in [-0.1, -0.05) is 54.6 Å². The number of amidine groups is 1. The van der Waals surface area contributed by atoms with Crippen molar-refractivity contribution in [3.63, 3.8) is 0 Å². The molecule has 1 aliphatic heterocycles. The van der Waals surface area contributed by atoms with Crippen LogP contribution >= 0.6 is 23.4 Å². The molecule has 0 radical (unpaired) electrons. The molecule has 10 nitrogen and oxygen atoms in total. The van der Waals surface area contributed by atoms with Gasteiger partial charge in [-0.25, -0.2) is 14.5 Å². The molecule has 1 aromatic heterocycles. The van der Waals surface area contributed by atoms with Crippen molar-refractivity contribution in [1.82, 2.24) is 14.8 Å². The first-order valence-electron chi connectivity index (χ1n) is 14.5. The summed E-state index contributed by atoms with van der Waals surface area (Å²) < 4.78 is 54.1. The van der Waals surface area contributed by atoms with Crippen LogP contribution in [-0.4, -0.2) is 56.3 Å². The second-order valence-electron chi connectivity index (χ2n) is 10.5. The Morgan fingerprint density at radius 1 is 1.06 bits per heavy atom. The van der Waals surface area contributed by atoms with Gasteiger partial charge in [0.2, 0.25) is 5.91 Å². The average Bonchev–Trinajstić information content (AvgIpc) is 3.65. The number of ether oxygens (including phenoxy) is 3. The van der Waals surface area contributed by atoms with Crippen molar-refractivity contribution < 1.29 is 37.0 Å². The second-order valence-corrected chi connectivity index (χ2v) is 11.9. The van der Waals surface area contributed by atoms with Crippen LogP contribution in [0.2, 0.25) is 5.02 Å². The first-order valence-corrected chi connectivity index (χ1v) is 15.8. The maximum atomic E-state index is 12.8. The van der Waals surface area contributed by atoms with Crippen molar-refractivity contribution in [3.8, 4) is 28.6 Å². The van der Waals surface area contributed by atoms with Gasteiger partial charge >= 0.3 is 12.5 Å². The third kappa shape index (κ3) is 8.83. The standard InChI is InChI=1S/C32H29ClF3N5O5S/c1-4-19(2)44-27-14-9-23(33)16-26(27)41-28(42)17-47-30(41)38-31(43)45-20(3)15-21-5-7-22(8-6-21)29-37-18-40(39-29)24-10-12-25(13-11-24)46-32(34,35)36/h5-14,16,18-20H,4,15,17H2,1-3H3. The first-order chi connectivity index (χ1) is 22.4. The fourth-order valence-electron chi connectivity index (χ4n) is 4.51. The number of benzene rings is 3. The number of amides is 2. The predicted octanol–water partition coefficient (Wildman–Crippen LogP) is 7.87. The third-order valence-corrected chi connectivity index (χ3v) is 8.04. The SMILES string of the molecule is CCC(C)Oc1ccc(Cl)cc1N1C(=O)CSC1=NC(=O)OC(C)Cc1ccc(-c2ncn(-c3ccc(OC(F)(F)F)cc3)n2)cc1. The lowest BCUT2D eigenvalue weighted by atomic mass is 10.1. The second kappa shape index (κ2) is 14.5. The molecule has 0 spiro atoms. The number of aromatic nitrogens is 3. The highest BCUT2D eigenvalue weighted by Crippen LogP contribution is 2.37. The maximum Gasteiger partial charge on any atom is 0.573 e. The molecule has 1 aliphatic rings. The Hall–Kier alpha value is -4.56. The van der Waals surface area contributed by atoms with E-state index in [0.717, 1.165) is 23.7 Å². The number of hydrogen-bond acceptors (Lipinski definition) is 8. The summed E-state index contributed by atoms with van der Waals surface area (Å²) in [5.74, 6) is 0.358. The highest BCUT2D eigenvalue weighted by atomic mass is 35.5. The molecule has 1 fully saturated rings. The molecule has 2 unspecified atom stereocenters. The Bertz CT molecular complexity index is 1770. The minimum Gasteiger partial charge on any atom is -0.489 e. The number of aliphatic imine (C=N–C) groups is 1. The van der Waals surface area contributed by atoms with E-state index >= 15 is 0 Å². The fourth-order valence-corrected chi connectivity index (χ4v) is 5.52. The first kappa shape index (κ1) is 33.8. The maximum absolute atomic E-state index is 12.8. The Balaban J connectivity index is 1.20. The Morgan fingerprint density at radius 2 is 1.79 bits per heavy atom. The van der Waals surface area contributed by atoms with Gasteiger partial charge in [0.15, 0.2) is 11.0 Å². The van der Waals surface area contributed by atoms with Crippen molar-refractivity contribution in [2.45, 2.75) is 52.2 Å². The number of hydrogen-bond donors (Lipinski definition) is 0. The number of rotatable bonds is 10. The number of thioether (sulfide) groups is 1. The lowest BCUT2D eigenvalue weighted by molar-refractivity contribution is -0.274. The topological polar surface area (TPSA) is 108 Å². The molecule has 0 saturated carbocycles. The molecule has 2 atom stereocenters. The molecule has 15 heteroatoms. The number of halogens is 4. The van der Waals surface area contributed by atoms with E-state index in [1.165, 1.54) is 40.2 Å². The van der Waals surface area contributed by atoms with Crippen molar-refractivity contribution in [1.29, 1.82) is 0 Å². The quantitative estimate of drug-likeness (QED) is 0.166. The van der Waals surface area contributed by atoms with E-state index < -0.39 is 18.6 Å². The van der Waals surface area contributed by atoms with Gasteiger partial charge in [0.05, 0.1) is 23.2 Å². The van der Waals surface area contributed by atoms with Crippen LogP contribution < -0.4 is 14.4 Å². The van der Waals surface area contributed by atoms with E-state index in [1.807, 2.05) is 38.1 Å². The van der Waals surface area contributed by atoms with Crippen LogP contribution in [0.15, 0.2) is 78.0 Å². The van der Waals surface area contributed by atoms with Gasteiger partial charge in [-0.05, 0) is 68.3 Å². The molecule has 4 aromatic rings. The van der Waals surface area contributed by atoms with E-state index in [4.69, 9.17) is 21.1 Å². The van der Waals surface area contributed by atoms with Crippen LogP contribution in [0.3, 0.4) is 0 Å². The highest BCUT2D eigenvalue weighted by molar-refractivity contribution is 8.15. The largest absolute Gasteiger partial charge is 0.573 e. The zero-order valence-corrected chi connectivity index (χ0v) is 27.0. The highest BCUT2D eigenvalue weighted by Gasteiger charge is 2.34. The lowest BCUT2D eigenvalue weighted by Crippen LogP contribution is -2.31. The normalized spacial score (nSPS) is 15.5. The molecule has 246 valence electrons. The van der Waals surface area contributed by atoms with E-state index in [-0.39, 0.29) is 28.7 Å². The van der Waals surface area contributed by atoms with Crippen LogP contribution in [0.4, 0.5) is 23.7 Å². The van der Waals surface area contributed by atoms with E-state index in [1.54, 1.807) is 25.1 Å². The van der Waals surface area contributed by atoms with Crippen molar-refractivity contribution >= 4 is 46.2 Å². The van der Waals surface area contributed by atoms with Gasteiger partial charge in [0.1, 0.15) is 23.9 Å². The summed E-state index contributed by atoms with van der Waals surface area (Å²) in [5, 5.41) is 4.98. The molecule has 2 heterocycles. The van der Waals surface area contributed by atoms with Crippen molar-refractivity contribution in [3.05, 3.63) is 83.6 Å². The fraction of sp³-hybridized carbons (Fsp3) is 0.281. The van der Waals surface area contributed by atoms with Gasteiger partial charge in [0.25, 0.3) is 0 Å². The van der Waals surface area contributed by atoms with Crippen LogP contribution in [-0.2, 0) is 16.0 Å². The summed E-state index contributed by atoms with van der Waals surface area (Å²) in [6, 6.07) is 17.5. The van der Waals surface area contributed by atoms with Gasteiger partial charge in [0, 0.05) is 17.0 Å². The number of carbonyl (C=O) groups is 2. The summed E-state index contributed by atoms with van der Waals surface area (Å²) >= 11 is 7.35. The summed E-state index contributed by atoms with van der Waals surface area (Å²) in [7, 11) is 0. The molecular formula is C32H29ClF3N5O5S. The Morgan fingerprint density at radius 3 is 2.47 bits per heavy atom. The summed E-state index contributed by atoms with van der Waals surface area (Å²) in [5.41, 5.74) is 2.49. The van der Waals surface area contributed by atoms with Crippen molar-refractivity contribution in [2.24, 2.45) is 4.99 Å². The smallest absolute Gasteiger partial charge is 0.489 e. The lowest BCUT2D eigenvalue weighted by Gasteiger charge is -2.22. The molecule has 0 aliphatic carbocycles. The van der Waals surface area contributed by atoms with E-state index in [0.29, 0.717) is 40.0 Å². The third-order valence-electron chi connectivity index (χ3n) is 6.88. The van der Waals surface area contributed by atoms with Crippen LogP contribution in [0, 0.1) is 0 Å². The molecule has 3 aromatic carbocycles. The van der Waals surface area contributed by atoms with Crippen LogP contribution in [0.25, 0.3) is 17.1 Å². The molecule has 2 amide bonds. The van der Waals surface area contributed by atoms with Gasteiger partial charge in [-0.15, -0.1) is 18.3 Å². The molecule has 47 heavy (non-hydrogen) atoms. The molecular weight excluding hydrogens is 659 g/mol. The molecule has 1 saturated heterocycles. The predicted molar refractivity (Wildman–Crippen MR) is 172 cm³/mol. The number of nitrogens with zero attached hydrogens (tertiary/aromatic N) is 5. The summed E-state index contributed by atoms with van der Waals surface area (Å²) in [4.78, 5) is 35.3. The number of anilines is 1. The minimum absolute atomic E-state index is 0.0968. The van der Waals surface area contributed by atoms with E-state index in [9.17, 15) is 22.8 Å². The molecule has 5 rings (SSSR count). The minimum atomic E-state index is -4.77. The monoisotopic (exact) mass is 687 g/mol. The van der Waals surface area contributed by atoms with Gasteiger partial charge in [-0.3, -0.25) is 9.69 Å². The zero-order valence-electron chi connectivity index (χ0n) is 25.4. The van der Waals surface area contributed by atoms with Crippen molar-refractivity contribution in [2.75, 3.05) is 10.7 Å². The van der Waals surface area contributed by atoms with E-state index in [2.05, 4.69) is 19.8 Å². The van der Waals surface area contributed by atoms with Crippen LogP contribution in [0.5, 0.6) is 11.5 Å². The van der Waals surface area contributed by atoms with Crippen LogP contribution in [0.1, 0.15) is 32.8 Å². The average molecular weight is 688 g/mol. The van der Waals surface area contributed by atoms with Gasteiger partial charge in [-0.2, -0.15) is 4.99 Å². The zero-order chi connectivity index (χ0) is 33.7. The number of alkyl halides is 3. The number of carbonyl (C=O) groups excluding carboxylic acids is 2. The summed E-state index contributed by atoms with van der Waals surface area (Å²) in [6.45, 7) is 5.63. The Kier molecular flexibility index (Phi) is 10.4. The Labute approximate surface area is 277 Å². The molecule has 0 bridgehead atoms. The van der Waals surface area contributed by atoms with Gasteiger partial charge < -0.3 is 14.2 Å². The molecule has 0 N–H and O–H groups in total.